The molecule has 2 fully saturated rings. The molecule has 1 aromatic heterocycles. The lowest BCUT2D eigenvalue weighted by Gasteiger charge is -2.26. The lowest BCUT2D eigenvalue weighted by atomic mass is 10.1. The highest BCUT2D eigenvalue weighted by Gasteiger charge is 2.30. The molecule has 0 saturated carbocycles. The van der Waals surface area contributed by atoms with Crippen molar-refractivity contribution < 1.29 is 9.18 Å². The molecule has 2 amide bonds. The van der Waals surface area contributed by atoms with E-state index in [1.807, 2.05) is 4.90 Å². The Morgan fingerprint density at radius 3 is 2.87 bits per heavy atom. The van der Waals surface area contributed by atoms with Crippen molar-refractivity contribution in [2.24, 2.45) is 0 Å². The Labute approximate surface area is 176 Å². The summed E-state index contributed by atoms with van der Waals surface area (Å²) >= 11 is 0. The van der Waals surface area contributed by atoms with Gasteiger partial charge in [0.1, 0.15) is 11.6 Å². The van der Waals surface area contributed by atoms with Crippen LogP contribution in [0.3, 0.4) is 0 Å². The molecule has 1 aromatic carbocycles. The van der Waals surface area contributed by atoms with Gasteiger partial charge in [0.25, 0.3) is 0 Å². The van der Waals surface area contributed by atoms with Crippen molar-refractivity contribution >= 4 is 11.7 Å². The third kappa shape index (κ3) is 3.80. The molecule has 1 atom stereocenters. The van der Waals surface area contributed by atoms with E-state index in [1.165, 1.54) is 18.9 Å². The molecule has 0 radical (unpaired) electrons. The van der Waals surface area contributed by atoms with Gasteiger partial charge in [-0.25, -0.2) is 9.18 Å². The SMILES string of the molecule is O=C(Nc1cc(-c2nnc3n2CCCCC3)ccc1F)N1CCCN2CCCC2C1. The number of halogens is 1. The Morgan fingerprint density at radius 1 is 1.03 bits per heavy atom. The standard InChI is InChI=1S/C22H29FN6O/c23-18-9-8-16(21-26-25-20-7-2-1-3-13-29(20)21)14-19(18)24-22(30)28-12-5-11-27-10-4-6-17(27)15-28/h8-9,14,17H,1-7,10-13,15H2,(H,24,30). The van der Waals surface area contributed by atoms with Crippen LogP contribution >= 0.6 is 0 Å². The lowest BCUT2D eigenvalue weighted by Crippen LogP contribution is -2.41. The zero-order valence-electron chi connectivity index (χ0n) is 17.3. The van der Waals surface area contributed by atoms with Gasteiger partial charge in [0.15, 0.2) is 5.82 Å². The number of aryl methyl sites for hydroxylation is 1. The highest BCUT2D eigenvalue weighted by Crippen LogP contribution is 2.27. The number of urea groups is 1. The Morgan fingerprint density at radius 2 is 1.93 bits per heavy atom. The summed E-state index contributed by atoms with van der Waals surface area (Å²) in [7, 11) is 0. The first-order chi connectivity index (χ1) is 14.7. The second-order valence-corrected chi connectivity index (χ2v) is 8.66. The molecular formula is C22H29FN6O. The van der Waals surface area contributed by atoms with E-state index in [0.717, 1.165) is 69.0 Å². The van der Waals surface area contributed by atoms with Crippen molar-refractivity contribution in [2.75, 3.05) is 31.5 Å². The maximum atomic E-state index is 14.6. The normalized spacial score (nSPS) is 22.2. The molecule has 2 aromatic rings. The van der Waals surface area contributed by atoms with Gasteiger partial charge in [-0.2, -0.15) is 0 Å². The number of carbonyl (C=O) groups excluding carboxylic acids is 1. The predicted octanol–water partition coefficient (Wildman–Crippen LogP) is 3.51. The Balaban J connectivity index is 1.35. The molecule has 7 nitrogen and oxygen atoms in total. The number of hydrogen-bond donors (Lipinski definition) is 1. The molecule has 4 heterocycles. The van der Waals surface area contributed by atoms with Gasteiger partial charge >= 0.3 is 6.03 Å². The Bertz CT molecular complexity index is 928. The van der Waals surface area contributed by atoms with Crippen LogP contribution in [0.25, 0.3) is 11.4 Å². The van der Waals surface area contributed by atoms with Crippen molar-refractivity contribution in [1.29, 1.82) is 0 Å². The summed E-state index contributed by atoms with van der Waals surface area (Å²) in [5, 5.41) is 11.5. The minimum absolute atomic E-state index is 0.205. The Hall–Kier alpha value is -2.48. The van der Waals surface area contributed by atoms with E-state index >= 15 is 0 Å². The smallest absolute Gasteiger partial charge is 0.321 e. The number of nitrogens with zero attached hydrogens (tertiary/aromatic N) is 5. The van der Waals surface area contributed by atoms with Gasteiger partial charge in [0.2, 0.25) is 0 Å². The van der Waals surface area contributed by atoms with Gasteiger partial charge in [-0.05, 0) is 56.8 Å². The van der Waals surface area contributed by atoms with Crippen molar-refractivity contribution in [3.8, 4) is 11.4 Å². The van der Waals surface area contributed by atoms with Crippen LogP contribution in [-0.2, 0) is 13.0 Å². The first-order valence-electron chi connectivity index (χ1n) is 11.2. The molecule has 8 heteroatoms. The van der Waals surface area contributed by atoms with E-state index in [1.54, 1.807) is 12.1 Å². The van der Waals surface area contributed by atoms with Gasteiger partial charge in [0, 0.05) is 44.2 Å². The number of hydrogen-bond acceptors (Lipinski definition) is 4. The zero-order valence-corrected chi connectivity index (χ0v) is 17.3. The number of aromatic nitrogens is 3. The third-order valence-electron chi connectivity index (χ3n) is 6.67. The maximum Gasteiger partial charge on any atom is 0.321 e. The van der Waals surface area contributed by atoms with Gasteiger partial charge in [-0.15, -0.1) is 10.2 Å². The van der Waals surface area contributed by atoms with E-state index in [-0.39, 0.29) is 11.7 Å². The molecule has 0 bridgehead atoms. The molecule has 2 saturated heterocycles. The van der Waals surface area contributed by atoms with Crippen LogP contribution in [0.15, 0.2) is 18.2 Å². The molecule has 1 unspecified atom stereocenters. The van der Waals surface area contributed by atoms with Crippen LogP contribution in [0.2, 0.25) is 0 Å². The number of carbonyl (C=O) groups is 1. The van der Waals surface area contributed by atoms with Crippen LogP contribution in [0, 0.1) is 5.82 Å². The third-order valence-corrected chi connectivity index (χ3v) is 6.67. The number of anilines is 1. The average Bonchev–Trinajstić information content (AvgIpc) is 3.21. The largest absolute Gasteiger partial charge is 0.323 e. The fourth-order valence-corrected chi connectivity index (χ4v) is 5.04. The van der Waals surface area contributed by atoms with Gasteiger partial charge in [-0.1, -0.05) is 6.42 Å². The van der Waals surface area contributed by atoms with Crippen molar-refractivity contribution in [1.82, 2.24) is 24.6 Å². The molecule has 3 aliphatic heterocycles. The molecular weight excluding hydrogens is 383 g/mol. The first kappa shape index (κ1) is 19.5. The first-order valence-corrected chi connectivity index (χ1v) is 11.2. The molecule has 0 aliphatic carbocycles. The average molecular weight is 413 g/mol. The van der Waals surface area contributed by atoms with Gasteiger partial charge in [-0.3, -0.25) is 4.90 Å². The molecule has 0 spiro atoms. The second-order valence-electron chi connectivity index (χ2n) is 8.66. The van der Waals surface area contributed by atoms with Crippen LogP contribution in [0.5, 0.6) is 0 Å². The lowest BCUT2D eigenvalue weighted by molar-refractivity contribution is 0.200. The predicted molar refractivity (Wildman–Crippen MR) is 113 cm³/mol. The summed E-state index contributed by atoms with van der Waals surface area (Å²) in [5.41, 5.74) is 0.987. The van der Waals surface area contributed by atoms with Crippen LogP contribution < -0.4 is 5.32 Å². The molecule has 160 valence electrons. The monoisotopic (exact) mass is 412 g/mol. The highest BCUT2D eigenvalue weighted by molar-refractivity contribution is 5.90. The summed E-state index contributed by atoms with van der Waals surface area (Å²) in [6.07, 6.45) is 7.60. The number of benzene rings is 1. The molecule has 1 N–H and O–H groups in total. The fraction of sp³-hybridized carbons (Fsp3) is 0.591. The number of nitrogens with one attached hydrogen (secondary N) is 1. The van der Waals surface area contributed by atoms with E-state index < -0.39 is 5.82 Å². The zero-order chi connectivity index (χ0) is 20.5. The van der Waals surface area contributed by atoms with Crippen LogP contribution in [0.4, 0.5) is 14.9 Å². The molecule has 3 aliphatic rings. The van der Waals surface area contributed by atoms with Crippen molar-refractivity contribution in [3.63, 3.8) is 0 Å². The fourth-order valence-electron chi connectivity index (χ4n) is 5.04. The summed E-state index contributed by atoms with van der Waals surface area (Å²) < 4.78 is 16.7. The highest BCUT2D eigenvalue weighted by atomic mass is 19.1. The van der Waals surface area contributed by atoms with E-state index in [2.05, 4.69) is 25.0 Å². The van der Waals surface area contributed by atoms with Crippen LogP contribution in [0.1, 0.15) is 44.3 Å². The molecule has 5 rings (SSSR count). The van der Waals surface area contributed by atoms with Crippen molar-refractivity contribution in [2.45, 2.75) is 57.5 Å². The minimum atomic E-state index is -0.431. The summed E-state index contributed by atoms with van der Waals surface area (Å²) in [5.74, 6) is 1.31. The van der Waals surface area contributed by atoms with E-state index in [0.29, 0.717) is 19.1 Å². The summed E-state index contributed by atoms with van der Waals surface area (Å²) in [4.78, 5) is 17.2. The van der Waals surface area contributed by atoms with Crippen LogP contribution in [-0.4, -0.2) is 62.8 Å². The van der Waals surface area contributed by atoms with E-state index in [9.17, 15) is 9.18 Å². The second kappa shape index (κ2) is 8.34. The number of amides is 2. The number of fused-ring (bicyclic) bond motifs is 2. The van der Waals surface area contributed by atoms with E-state index in [4.69, 9.17) is 0 Å². The van der Waals surface area contributed by atoms with Crippen molar-refractivity contribution in [3.05, 3.63) is 29.8 Å². The molecule has 30 heavy (non-hydrogen) atoms. The topological polar surface area (TPSA) is 66.3 Å². The Kier molecular flexibility index (Phi) is 5.41. The quantitative estimate of drug-likeness (QED) is 0.820. The van der Waals surface area contributed by atoms with Gasteiger partial charge < -0.3 is 14.8 Å². The van der Waals surface area contributed by atoms with Gasteiger partial charge in [0.05, 0.1) is 5.69 Å². The summed E-state index contributed by atoms with van der Waals surface area (Å²) in [6, 6.07) is 5.02. The minimum Gasteiger partial charge on any atom is -0.323 e. The maximum absolute atomic E-state index is 14.6. The summed E-state index contributed by atoms with van der Waals surface area (Å²) in [6.45, 7) is 4.46. The number of rotatable bonds is 2.